The standard InChI is InChI=1S/C25H22ClN3O5/c1-16(30)29-14-23(34-22-5-3-2-4-21(22)29)25(32)28-27-24(31)18-8-6-17(7-9-18)15-33-20-12-10-19(26)11-13-20/h2-13,23H,14-15H2,1H3,(H,27,31)(H,28,32). The minimum Gasteiger partial charge on any atom is -0.489 e. The predicted molar refractivity (Wildman–Crippen MR) is 127 cm³/mol. The second-order valence-electron chi connectivity index (χ2n) is 7.59. The number of nitrogens with one attached hydrogen (secondary N) is 2. The van der Waals surface area contributed by atoms with E-state index in [1.54, 1.807) is 72.8 Å². The third-order valence-electron chi connectivity index (χ3n) is 5.18. The minimum atomic E-state index is -0.966. The average Bonchev–Trinajstić information content (AvgIpc) is 2.86. The number of rotatable bonds is 5. The predicted octanol–water partition coefficient (Wildman–Crippen LogP) is 3.49. The number of anilines is 1. The number of hydrogen-bond acceptors (Lipinski definition) is 5. The number of benzene rings is 3. The van der Waals surface area contributed by atoms with Crippen molar-refractivity contribution < 1.29 is 23.9 Å². The first-order valence-electron chi connectivity index (χ1n) is 10.5. The van der Waals surface area contributed by atoms with Gasteiger partial charge in [0, 0.05) is 17.5 Å². The lowest BCUT2D eigenvalue weighted by atomic mass is 10.1. The number of hydrogen-bond donors (Lipinski definition) is 2. The number of carbonyl (C=O) groups excluding carboxylic acids is 3. The summed E-state index contributed by atoms with van der Waals surface area (Å²) in [5, 5.41) is 0.630. The summed E-state index contributed by atoms with van der Waals surface area (Å²) in [7, 11) is 0. The van der Waals surface area contributed by atoms with Crippen molar-refractivity contribution >= 4 is 35.0 Å². The highest BCUT2D eigenvalue weighted by Crippen LogP contribution is 2.33. The van der Waals surface area contributed by atoms with E-state index in [2.05, 4.69) is 10.9 Å². The lowest BCUT2D eigenvalue weighted by Crippen LogP contribution is -2.54. The summed E-state index contributed by atoms with van der Waals surface area (Å²) in [6, 6.07) is 20.8. The van der Waals surface area contributed by atoms with Crippen LogP contribution in [0.2, 0.25) is 5.02 Å². The van der Waals surface area contributed by atoms with Gasteiger partial charge in [0.25, 0.3) is 11.8 Å². The van der Waals surface area contributed by atoms with Crippen LogP contribution in [0.4, 0.5) is 5.69 Å². The molecule has 3 aromatic carbocycles. The summed E-state index contributed by atoms with van der Waals surface area (Å²) in [5.74, 6) is -0.158. The molecule has 0 saturated heterocycles. The second kappa shape index (κ2) is 10.3. The Hall–Kier alpha value is -4.04. The van der Waals surface area contributed by atoms with E-state index < -0.39 is 17.9 Å². The summed E-state index contributed by atoms with van der Waals surface area (Å²) < 4.78 is 11.4. The van der Waals surface area contributed by atoms with Crippen LogP contribution in [-0.4, -0.2) is 30.4 Å². The quantitative estimate of drug-likeness (QED) is 0.546. The molecule has 2 N–H and O–H groups in total. The molecule has 9 heteroatoms. The Kier molecular flexibility index (Phi) is 6.98. The topological polar surface area (TPSA) is 97.0 Å². The molecule has 1 atom stereocenters. The summed E-state index contributed by atoms with van der Waals surface area (Å²) in [6.07, 6.45) is -0.966. The van der Waals surface area contributed by atoms with Gasteiger partial charge in [0.2, 0.25) is 5.91 Å². The van der Waals surface area contributed by atoms with Gasteiger partial charge >= 0.3 is 0 Å². The van der Waals surface area contributed by atoms with Crippen molar-refractivity contribution in [3.63, 3.8) is 0 Å². The van der Waals surface area contributed by atoms with Crippen molar-refractivity contribution in [3.05, 3.63) is 88.9 Å². The van der Waals surface area contributed by atoms with Crippen LogP contribution in [0.25, 0.3) is 0 Å². The molecular formula is C25H22ClN3O5. The number of halogens is 1. The van der Waals surface area contributed by atoms with E-state index in [1.807, 2.05) is 0 Å². The lowest BCUT2D eigenvalue weighted by molar-refractivity contribution is -0.129. The SMILES string of the molecule is CC(=O)N1CC(C(=O)NNC(=O)c2ccc(COc3ccc(Cl)cc3)cc2)Oc2ccccc21. The Bertz CT molecular complexity index is 1200. The minimum absolute atomic E-state index is 0.0381. The number of nitrogens with zero attached hydrogens (tertiary/aromatic N) is 1. The molecule has 0 spiro atoms. The highest BCUT2D eigenvalue weighted by Gasteiger charge is 2.32. The van der Waals surface area contributed by atoms with Gasteiger partial charge < -0.3 is 14.4 Å². The van der Waals surface area contributed by atoms with Crippen molar-refractivity contribution in [1.29, 1.82) is 0 Å². The number of amides is 3. The van der Waals surface area contributed by atoms with Crippen LogP contribution in [0.3, 0.4) is 0 Å². The number of ether oxygens (including phenoxy) is 2. The van der Waals surface area contributed by atoms with Gasteiger partial charge in [-0.2, -0.15) is 0 Å². The molecule has 0 radical (unpaired) electrons. The Morgan fingerprint density at radius 3 is 2.41 bits per heavy atom. The van der Waals surface area contributed by atoms with E-state index in [0.29, 0.717) is 34.4 Å². The van der Waals surface area contributed by atoms with E-state index in [9.17, 15) is 14.4 Å². The summed E-state index contributed by atoms with van der Waals surface area (Å²) >= 11 is 5.86. The molecule has 8 nitrogen and oxygen atoms in total. The van der Waals surface area contributed by atoms with Crippen LogP contribution in [0.5, 0.6) is 11.5 Å². The van der Waals surface area contributed by atoms with Gasteiger partial charge in [-0.25, -0.2) is 0 Å². The van der Waals surface area contributed by atoms with Gasteiger partial charge in [-0.1, -0.05) is 35.9 Å². The fourth-order valence-electron chi connectivity index (χ4n) is 3.39. The van der Waals surface area contributed by atoms with E-state index in [4.69, 9.17) is 21.1 Å². The van der Waals surface area contributed by atoms with E-state index in [0.717, 1.165) is 5.56 Å². The van der Waals surface area contributed by atoms with E-state index >= 15 is 0 Å². The molecule has 0 bridgehead atoms. The third-order valence-corrected chi connectivity index (χ3v) is 5.43. The summed E-state index contributed by atoms with van der Waals surface area (Å²) in [5.41, 5.74) is 6.58. The zero-order valence-corrected chi connectivity index (χ0v) is 19.0. The van der Waals surface area contributed by atoms with Gasteiger partial charge in [-0.3, -0.25) is 25.2 Å². The fourth-order valence-corrected chi connectivity index (χ4v) is 3.52. The van der Waals surface area contributed by atoms with E-state index in [1.165, 1.54) is 11.8 Å². The first kappa shape index (κ1) is 23.1. The van der Waals surface area contributed by atoms with Crippen molar-refractivity contribution in [1.82, 2.24) is 10.9 Å². The molecule has 34 heavy (non-hydrogen) atoms. The molecule has 174 valence electrons. The zero-order chi connectivity index (χ0) is 24.1. The number of hydrazine groups is 1. The lowest BCUT2D eigenvalue weighted by Gasteiger charge is -2.33. The normalized spacial score (nSPS) is 14.4. The molecule has 0 aliphatic carbocycles. The van der Waals surface area contributed by atoms with Crippen LogP contribution in [0.15, 0.2) is 72.8 Å². The number of carbonyl (C=O) groups is 3. The zero-order valence-electron chi connectivity index (χ0n) is 18.3. The largest absolute Gasteiger partial charge is 0.489 e. The first-order chi connectivity index (χ1) is 16.4. The van der Waals surface area contributed by atoms with Crippen molar-refractivity contribution in [3.8, 4) is 11.5 Å². The van der Waals surface area contributed by atoms with Crippen LogP contribution in [0.1, 0.15) is 22.8 Å². The summed E-state index contributed by atoms with van der Waals surface area (Å²) in [6.45, 7) is 1.78. The smallest absolute Gasteiger partial charge is 0.281 e. The average molecular weight is 480 g/mol. The van der Waals surface area contributed by atoms with E-state index in [-0.39, 0.29) is 12.5 Å². The highest BCUT2D eigenvalue weighted by atomic mass is 35.5. The summed E-state index contributed by atoms with van der Waals surface area (Å²) in [4.78, 5) is 38.5. The number of para-hydroxylation sites is 2. The van der Waals surface area contributed by atoms with Crippen molar-refractivity contribution in [2.45, 2.75) is 19.6 Å². The Morgan fingerprint density at radius 2 is 1.71 bits per heavy atom. The van der Waals surface area contributed by atoms with Gasteiger partial charge in [0.05, 0.1) is 12.2 Å². The van der Waals surface area contributed by atoms with Crippen LogP contribution >= 0.6 is 11.6 Å². The third kappa shape index (κ3) is 5.47. The Balaban J connectivity index is 1.30. The van der Waals surface area contributed by atoms with Gasteiger partial charge in [0.15, 0.2) is 6.10 Å². The molecule has 0 fully saturated rings. The maximum Gasteiger partial charge on any atom is 0.281 e. The molecule has 1 heterocycles. The van der Waals surface area contributed by atoms with Crippen LogP contribution in [0, 0.1) is 0 Å². The molecular weight excluding hydrogens is 458 g/mol. The Morgan fingerprint density at radius 1 is 1.00 bits per heavy atom. The highest BCUT2D eigenvalue weighted by molar-refractivity contribution is 6.30. The van der Waals surface area contributed by atoms with Crippen molar-refractivity contribution in [2.75, 3.05) is 11.4 Å². The van der Waals surface area contributed by atoms with Crippen LogP contribution in [-0.2, 0) is 16.2 Å². The molecule has 1 aliphatic rings. The number of fused-ring (bicyclic) bond motifs is 1. The maximum absolute atomic E-state index is 12.6. The Labute approximate surface area is 201 Å². The molecule has 4 rings (SSSR count). The van der Waals surface area contributed by atoms with Gasteiger partial charge in [-0.15, -0.1) is 0 Å². The maximum atomic E-state index is 12.6. The first-order valence-corrected chi connectivity index (χ1v) is 10.9. The van der Waals surface area contributed by atoms with Gasteiger partial charge in [0.1, 0.15) is 18.1 Å². The van der Waals surface area contributed by atoms with Crippen LogP contribution < -0.4 is 25.2 Å². The molecule has 3 aromatic rings. The molecule has 0 saturated carbocycles. The molecule has 0 aromatic heterocycles. The second-order valence-corrected chi connectivity index (χ2v) is 8.02. The molecule has 3 amide bonds. The van der Waals surface area contributed by atoms with Gasteiger partial charge in [-0.05, 0) is 54.1 Å². The van der Waals surface area contributed by atoms with Crippen molar-refractivity contribution in [2.24, 2.45) is 0 Å². The molecule has 1 aliphatic heterocycles. The fraction of sp³-hybridized carbons (Fsp3) is 0.160. The monoisotopic (exact) mass is 479 g/mol. The molecule has 1 unspecified atom stereocenters.